The van der Waals surface area contributed by atoms with Gasteiger partial charge in [0.2, 0.25) is 0 Å². The standard InChI is InChI=1S/C24H34N8O/c1-15(2)16(10-25)9-22(27)31-23-6-5-20-21(30-23)8-17(13-29-20)18(11-26)12-28-14-19-4-7-24(33)32(19)3/h5-6,8-13,15,19,24-25,29-30,33H,4,7,14,26H2,1-3H3,(H2,27,31)/t19-,24?/m1/s1. The van der Waals surface area contributed by atoms with Crippen LogP contribution < -0.4 is 22.1 Å². The molecule has 0 aliphatic carbocycles. The number of allylic oxidation sites excluding steroid dienone is 6. The topological polar surface area (TPSA) is 148 Å². The molecular weight excluding hydrogens is 416 g/mol. The van der Waals surface area contributed by atoms with Gasteiger partial charge in [-0.1, -0.05) is 13.8 Å². The Morgan fingerprint density at radius 1 is 1.33 bits per heavy atom. The summed E-state index contributed by atoms with van der Waals surface area (Å²) in [5, 5.41) is 23.9. The van der Waals surface area contributed by atoms with Gasteiger partial charge in [0, 0.05) is 42.0 Å². The average Bonchev–Trinajstić information content (AvgIpc) is 3.12. The first-order chi connectivity index (χ1) is 15.8. The molecule has 0 radical (unpaired) electrons. The lowest BCUT2D eigenvalue weighted by Crippen LogP contribution is -2.33. The summed E-state index contributed by atoms with van der Waals surface area (Å²) in [5.74, 6) is 1.12. The summed E-state index contributed by atoms with van der Waals surface area (Å²) in [6, 6.07) is 0.232. The third kappa shape index (κ3) is 6.09. The lowest BCUT2D eigenvalue weighted by atomic mass is 10.0. The summed E-state index contributed by atoms with van der Waals surface area (Å²) in [6.07, 6.45) is 15.2. The van der Waals surface area contributed by atoms with E-state index in [1.54, 1.807) is 12.3 Å². The van der Waals surface area contributed by atoms with E-state index in [0.717, 1.165) is 41.0 Å². The lowest BCUT2D eigenvalue weighted by Gasteiger charge is -2.23. The van der Waals surface area contributed by atoms with E-state index < -0.39 is 0 Å². The number of nitrogens with one attached hydrogen (secondary N) is 3. The monoisotopic (exact) mass is 450 g/mol. The van der Waals surface area contributed by atoms with Gasteiger partial charge in [-0.15, -0.1) is 0 Å². The first kappa shape index (κ1) is 24.2. The number of rotatable bonds is 8. The van der Waals surface area contributed by atoms with Gasteiger partial charge < -0.3 is 32.6 Å². The fraction of sp³-hybridized carbons (Fsp3) is 0.375. The van der Waals surface area contributed by atoms with Crippen LogP contribution in [-0.2, 0) is 0 Å². The van der Waals surface area contributed by atoms with Crippen LogP contribution in [0.3, 0.4) is 0 Å². The molecule has 0 spiro atoms. The number of fused-ring (bicyclic) bond motifs is 1. The van der Waals surface area contributed by atoms with Gasteiger partial charge in [0.25, 0.3) is 0 Å². The number of nitrogens with zero attached hydrogens (tertiary/aromatic N) is 3. The predicted octanol–water partition coefficient (Wildman–Crippen LogP) is 1.60. The molecule has 33 heavy (non-hydrogen) atoms. The van der Waals surface area contributed by atoms with E-state index in [4.69, 9.17) is 16.9 Å². The van der Waals surface area contributed by atoms with Crippen LogP contribution in [0.1, 0.15) is 26.7 Å². The van der Waals surface area contributed by atoms with Crippen molar-refractivity contribution in [3.63, 3.8) is 0 Å². The van der Waals surface area contributed by atoms with Gasteiger partial charge in [-0.2, -0.15) is 0 Å². The van der Waals surface area contributed by atoms with Crippen LogP contribution in [0.25, 0.3) is 0 Å². The third-order valence-electron chi connectivity index (χ3n) is 5.90. The molecule has 0 aromatic heterocycles. The number of amidine groups is 1. The Hall–Kier alpha value is -3.43. The SMILES string of the molecule is CC(C)C(C=N)=CC(N)=NC1=CC=C2NC=C(C(C=NC[C@H]3CCC(O)N3C)=CN)C=C2N1. The Morgan fingerprint density at radius 3 is 2.76 bits per heavy atom. The zero-order chi connectivity index (χ0) is 24.0. The van der Waals surface area contributed by atoms with E-state index in [1.165, 1.54) is 12.4 Å². The highest BCUT2D eigenvalue weighted by Crippen LogP contribution is 2.23. The Kier molecular flexibility index (Phi) is 8.02. The van der Waals surface area contributed by atoms with E-state index in [2.05, 4.69) is 20.6 Å². The normalized spacial score (nSPS) is 24.6. The Morgan fingerprint density at radius 2 is 2.12 bits per heavy atom. The summed E-state index contributed by atoms with van der Waals surface area (Å²) in [7, 11) is 1.92. The quantitative estimate of drug-likeness (QED) is 0.244. The highest BCUT2D eigenvalue weighted by atomic mass is 16.3. The van der Waals surface area contributed by atoms with Crippen LogP contribution in [0.2, 0.25) is 0 Å². The molecule has 1 fully saturated rings. The number of nitrogens with two attached hydrogens (primary N) is 2. The molecule has 3 rings (SSSR count). The zero-order valence-electron chi connectivity index (χ0n) is 19.4. The molecule has 3 heterocycles. The summed E-state index contributed by atoms with van der Waals surface area (Å²) >= 11 is 0. The summed E-state index contributed by atoms with van der Waals surface area (Å²) in [6.45, 7) is 4.61. The minimum Gasteiger partial charge on any atom is -0.404 e. The molecular formula is C24H34N8O. The lowest BCUT2D eigenvalue weighted by molar-refractivity contribution is 0.0395. The average molecular weight is 451 g/mol. The van der Waals surface area contributed by atoms with Crippen molar-refractivity contribution in [3.05, 3.63) is 70.6 Å². The second kappa shape index (κ2) is 10.9. The smallest absolute Gasteiger partial charge is 0.132 e. The Bertz CT molecular complexity index is 1010. The Labute approximate surface area is 195 Å². The minimum atomic E-state index is -0.385. The number of aliphatic hydroxyl groups excluding tert-OH is 1. The molecule has 9 nitrogen and oxygen atoms in total. The van der Waals surface area contributed by atoms with E-state index in [0.29, 0.717) is 18.2 Å². The van der Waals surface area contributed by atoms with Gasteiger partial charge in [-0.25, -0.2) is 4.99 Å². The van der Waals surface area contributed by atoms with Crippen molar-refractivity contribution < 1.29 is 5.11 Å². The van der Waals surface area contributed by atoms with Crippen molar-refractivity contribution in [1.82, 2.24) is 15.5 Å². The van der Waals surface area contributed by atoms with Crippen LogP contribution in [0.5, 0.6) is 0 Å². The predicted molar refractivity (Wildman–Crippen MR) is 134 cm³/mol. The largest absolute Gasteiger partial charge is 0.404 e. The first-order valence-corrected chi connectivity index (χ1v) is 11.1. The van der Waals surface area contributed by atoms with Crippen LogP contribution in [0.4, 0.5) is 0 Å². The molecule has 3 aliphatic rings. The van der Waals surface area contributed by atoms with E-state index in [9.17, 15) is 5.11 Å². The molecule has 9 heteroatoms. The van der Waals surface area contributed by atoms with Crippen molar-refractivity contribution in [2.24, 2.45) is 27.4 Å². The molecule has 0 amide bonds. The second-order valence-corrected chi connectivity index (χ2v) is 8.53. The van der Waals surface area contributed by atoms with Crippen molar-refractivity contribution in [2.75, 3.05) is 13.6 Å². The van der Waals surface area contributed by atoms with Crippen molar-refractivity contribution in [2.45, 2.75) is 39.0 Å². The van der Waals surface area contributed by atoms with Gasteiger partial charge >= 0.3 is 0 Å². The number of likely N-dealkylation sites (N-methyl/N-ethyl adjacent to an activating group) is 1. The minimum absolute atomic E-state index is 0.191. The number of aliphatic hydroxyl groups is 1. The number of likely N-dealkylation sites (tertiary alicyclic amines) is 1. The second-order valence-electron chi connectivity index (χ2n) is 8.53. The van der Waals surface area contributed by atoms with Crippen molar-refractivity contribution in [3.8, 4) is 0 Å². The highest BCUT2D eigenvalue weighted by Gasteiger charge is 2.28. The summed E-state index contributed by atoms with van der Waals surface area (Å²) in [4.78, 5) is 11.0. The van der Waals surface area contributed by atoms with Crippen molar-refractivity contribution >= 4 is 18.3 Å². The van der Waals surface area contributed by atoms with Crippen LogP contribution in [0.15, 0.2) is 80.6 Å². The third-order valence-corrected chi connectivity index (χ3v) is 5.90. The van der Waals surface area contributed by atoms with Gasteiger partial charge in [-0.05, 0) is 55.7 Å². The maximum absolute atomic E-state index is 9.86. The first-order valence-electron chi connectivity index (χ1n) is 11.1. The summed E-state index contributed by atoms with van der Waals surface area (Å²) in [5.41, 5.74) is 16.2. The number of hydrogen-bond donors (Lipinski definition) is 6. The number of aliphatic imine (C=N–C) groups is 2. The van der Waals surface area contributed by atoms with E-state index in [1.807, 2.05) is 50.2 Å². The number of hydrogen-bond acceptors (Lipinski definition) is 8. The molecule has 0 bridgehead atoms. The van der Waals surface area contributed by atoms with E-state index >= 15 is 0 Å². The highest BCUT2D eigenvalue weighted by molar-refractivity contribution is 5.97. The Balaban J connectivity index is 1.68. The van der Waals surface area contributed by atoms with Gasteiger partial charge in [-0.3, -0.25) is 9.89 Å². The molecule has 1 unspecified atom stereocenters. The molecule has 0 aromatic rings. The molecule has 3 aliphatic heterocycles. The molecule has 8 N–H and O–H groups in total. The molecule has 176 valence electrons. The van der Waals surface area contributed by atoms with Crippen molar-refractivity contribution in [1.29, 1.82) is 5.41 Å². The molecule has 2 atom stereocenters. The molecule has 0 saturated carbocycles. The maximum Gasteiger partial charge on any atom is 0.132 e. The fourth-order valence-corrected chi connectivity index (χ4v) is 3.74. The maximum atomic E-state index is 9.86. The van der Waals surface area contributed by atoms with E-state index in [-0.39, 0.29) is 18.2 Å². The van der Waals surface area contributed by atoms with Crippen LogP contribution in [0, 0.1) is 11.3 Å². The van der Waals surface area contributed by atoms with Gasteiger partial charge in [0.15, 0.2) is 0 Å². The van der Waals surface area contributed by atoms with Crippen LogP contribution >= 0.6 is 0 Å². The number of dihydropyridines is 2. The van der Waals surface area contributed by atoms with Gasteiger partial charge in [0.1, 0.15) is 17.9 Å². The zero-order valence-corrected chi connectivity index (χ0v) is 19.4. The van der Waals surface area contributed by atoms with Crippen LogP contribution in [-0.4, -0.2) is 54.1 Å². The van der Waals surface area contributed by atoms with Gasteiger partial charge in [0.05, 0.1) is 17.9 Å². The molecule has 1 saturated heterocycles. The summed E-state index contributed by atoms with van der Waals surface area (Å²) < 4.78 is 0. The fourth-order valence-electron chi connectivity index (χ4n) is 3.74. The molecule has 0 aromatic carbocycles.